The lowest BCUT2D eigenvalue weighted by atomic mass is 10.2. The van der Waals surface area contributed by atoms with Crippen LogP contribution in [0.4, 0.5) is 10.5 Å². The second kappa shape index (κ2) is 7.79. The summed E-state index contributed by atoms with van der Waals surface area (Å²) in [5, 5.41) is 6.27. The Labute approximate surface area is 141 Å². The standard InChI is InChI=1S/C18H22N4O2/c1-14-4-6-15(7-5-14)21-18(23)22-10-9-20-11-16(22)13-24-17-3-2-8-19-12-17/h2-8,12,16,20H,9-11,13H2,1H3,(H,21,23). The number of anilines is 1. The Balaban J connectivity index is 1.60. The van der Waals surface area contributed by atoms with Crippen molar-refractivity contribution < 1.29 is 9.53 Å². The second-order valence-corrected chi connectivity index (χ2v) is 5.85. The first-order chi connectivity index (χ1) is 11.7. The monoisotopic (exact) mass is 326 g/mol. The third-order valence-electron chi connectivity index (χ3n) is 3.99. The summed E-state index contributed by atoms with van der Waals surface area (Å²) in [5.74, 6) is 0.710. The number of nitrogens with one attached hydrogen (secondary N) is 2. The number of hydrogen-bond acceptors (Lipinski definition) is 4. The zero-order valence-corrected chi connectivity index (χ0v) is 13.7. The van der Waals surface area contributed by atoms with Crippen molar-refractivity contribution in [1.82, 2.24) is 15.2 Å². The van der Waals surface area contributed by atoms with Crippen molar-refractivity contribution in [3.8, 4) is 5.75 Å². The SMILES string of the molecule is Cc1ccc(NC(=O)N2CCNCC2COc2cccnc2)cc1. The van der Waals surface area contributed by atoms with E-state index >= 15 is 0 Å². The normalized spacial score (nSPS) is 17.4. The van der Waals surface area contributed by atoms with Crippen LogP contribution in [-0.4, -0.2) is 48.2 Å². The van der Waals surface area contributed by atoms with Crippen molar-refractivity contribution in [2.45, 2.75) is 13.0 Å². The van der Waals surface area contributed by atoms with E-state index in [1.165, 1.54) is 0 Å². The minimum Gasteiger partial charge on any atom is -0.490 e. The van der Waals surface area contributed by atoms with Gasteiger partial charge in [0.25, 0.3) is 0 Å². The zero-order chi connectivity index (χ0) is 16.8. The van der Waals surface area contributed by atoms with Gasteiger partial charge in [0, 0.05) is 31.5 Å². The molecule has 0 spiro atoms. The zero-order valence-electron chi connectivity index (χ0n) is 13.7. The third kappa shape index (κ3) is 4.23. The van der Waals surface area contributed by atoms with Crippen LogP contribution < -0.4 is 15.4 Å². The smallest absolute Gasteiger partial charge is 0.322 e. The molecule has 126 valence electrons. The fourth-order valence-corrected chi connectivity index (χ4v) is 2.63. The van der Waals surface area contributed by atoms with Gasteiger partial charge < -0.3 is 20.3 Å². The lowest BCUT2D eigenvalue weighted by molar-refractivity contribution is 0.133. The van der Waals surface area contributed by atoms with Crippen molar-refractivity contribution in [3.63, 3.8) is 0 Å². The van der Waals surface area contributed by atoms with Crippen LogP contribution in [0.5, 0.6) is 5.75 Å². The van der Waals surface area contributed by atoms with Crippen molar-refractivity contribution in [1.29, 1.82) is 0 Å². The molecule has 0 bridgehead atoms. The quantitative estimate of drug-likeness (QED) is 0.904. The molecule has 3 rings (SSSR count). The fraction of sp³-hybridized carbons (Fsp3) is 0.333. The second-order valence-electron chi connectivity index (χ2n) is 5.85. The number of carbonyl (C=O) groups excluding carboxylic acids is 1. The Kier molecular flexibility index (Phi) is 5.28. The number of nitrogens with zero attached hydrogens (tertiary/aromatic N) is 2. The number of benzene rings is 1. The summed E-state index contributed by atoms with van der Waals surface area (Å²) < 4.78 is 5.77. The number of urea groups is 1. The Hall–Kier alpha value is -2.60. The summed E-state index contributed by atoms with van der Waals surface area (Å²) in [6, 6.07) is 11.4. The highest BCUT2D eigenvalue weighted by Gasteiger charge is 2.27. The molecule has 1 fully saturated rings. The van der Waals surface area contributed by atoms with Crippen molar-refractivity contribution in [3.05, 3.63) is 54.4 Å². The van der Waals surface area contributed by atoms with Crippen molar-refractivity contribution in [2.24, 2.45) is 0 Å². The van der Waals surface area contributed by atoms with Gasteiger partial charge in [-0.3, -0.25) is 4.98 Å². The van der Waals surface area contributed by atoms with Gasteiger partial charge in [-0.1, -0.05) is 17.7 Å². The maximum Gasteiger partial charge on any atom is 0.322 e. The summed E-state index contributed by atoms with van der Waals surface area (Å²) in [4.78, 5) is 18.5. The molecule has 2 heterocycles. The number of rotatable bonds is 4. The van der Waals surface area contributed by atoms with Gasteiger partial charge in [0.15, 0.2) is 0 Å². The van der Waals surface area contributed by atoms with E-state index in [9.17, 15) is 4.79 Å². The van der Waals surface area contributed by atoms with Gasteiger partial charge in [0.05, 0.1) is 12.2 Å². The molecule has 0 radical (unpaired) electrons. The van der Waals surface area contributed by atoms with Crippen LogP contribution in [0.1, 0.15) is 5.56 Å². The van der Waals surface area contributed by atoms with Gasteiger partial charge in [0.1, 0.15) is 12.4 Å². The fourth-order valence-electron chi connectivity index (χ4n) is 2.63. The number of aryl methyl sites for hydroxylation is 1. The average molecular weight is 326 g/mol. The Bertz CT molecular complexity index is 660. The highest BCUT2D eigenvalue weighted by molar-refractivity contribution is 5.89. The highest BCUT2D eigenvalue weighted by Crippen LogP contribution is 2.13. The first-order valence-corrected chi connectivity index (χ1v) is 8.10. The molecule has 6 heteroatoms. The Morgan fingerprint density at radius 2 is 2.21 bits per heavy atom. The summed E-state index contributed by atoms with van der Waals surface area (Å²) in [6.07, 6.45) is 3.38. The molecule has 1 saturated heterocycles. The summed E-state index contributed by atoms with van der Waals surface area (Å²) in [7, 11) is 0. The van der Waals surface area contributed by atoms with Gasteiger partial charge in [-0.25, -0.2) is 4.79 Å². The number of aromatic nitrogens is 1. The van der Waals surface area contributed by atoms with Gasteiger partial charge in [0.2, 0.25) is 0 Å². The average Bonchev–Trinajstić information content (AvgIpc) is 2.63. The van der Waals surface area contributed by atoms with Crippen LogP contribution in [0, 0.1) is 6.92 Å². The largest absolute Gasteiger partial charge is 0.490 e. The maximum absolute atomic E-state index is 12.6. The Morgan fingerprint density at radius 1 is 1.38 bits per heavy atom. The molecule has 2 N–H and O–H groups in total. The van der Waals surface area contributed by atoms with Crippen molar-refractivity contribution >= 4 is 11.7 Å². The molecule has 1 aromatic heterocycles. The lowest BCUT2D eigenvalue weighted by Crippen LogP contribution is -2.57. The van der Waals surface area contributed by atoms with Crippen LogP contribution in [0.2, 0.25) is 0 Å². The summed E-state index contributed by atoms with van der Waals surface area (Å²) in [5.41, 5.74) is 1.97. The first-order valence-electron chi connectivity index (χ1n) is 8.10. The van der Waals surface area contributed by atoms with E-state index in [2.05, 4.69) is 15.6 Å². The molecule has 1 unspecified atom stereocenters. The predicted octanol–water partition coefficient (Wildman–Crippen LogP) is 2.27. The van der Waals surface area contributed by atoms with Crippen LogP contribution >= 0.6 is 0 Å². The minimum atomic E-state index is -0.0971. The third-order valence-corrected chi connectivity index (χ3v) is 3.99. The van der Waals surface area contributed by atoms with Crippen LogP contribution in [-0.2, 0) is 0 Å². The molecule has 6 nitrogen and oxygen atoms in total. The number of pyridine rings is 1. The number of ether oxygens (including phenoxy) is 1. The van der Waals surface area contributed by atoms with Crippen molar-refractivity contribution in [2.75, 3.05) is 31.6 Å². The van der Waals surface area contributed by atoms with Gasteiger partial charge in [-0.05, 0) is 31.2 Å². The van der Waals surface area contributed by atoms with E-state index in [-0.39, 0.29) is 12.1 Å². The van der Waals surface area contributed by atoms with Crippen LogP contribution in [0.25, 0.3) is 0 Å². The molecule has 1 aliphatic heterocycles. The number of carbonyl (C=O) groups is 1. The molecule has 0 saturated carbocycles. The number of piperazine rings is 1. The van der Waals surface area contributed by atoms with Crippen LogP contribution in [0.3, 0.4) is 0 Å². The van der Waals surface area contributed by atoms with E-state index in [1.54, 1.807) is 12.4 Å². The maximum atomic E-state index is 12.6. The van der Waals surface area contributed by atoms with Crippen LogP contribution in [0.15, 0.2) is 48.8 Å². The topological polar surface area (TPSA) is 66.5 Å². The van der Waals surface area contributed by atoms with E-state index in [4.69, 9.17) is 4.74 Å². The molecule has 0 aliphatic carbocycles. The molecule has 1 aromatic carbocycles. The highest BCUT2D eigenvalue weighted by atomic mass is 16.5. The summed E-state index contributed by atoms with van der Waals surface area (Å²) >= 11 is 0. The molecular formula is C18H22N4O2. The van der Waals surface area contributed by atoms with E-state index < -0.39 is 0 Å². The molecule has 1 atom stereocenters. The number of hydrogen-bond donors (Lipinski definition) is 2. The predicted molar refractivity (Wildman–Crippen MR) is 93.3 cm³/mol. The van der Waals surface area contributed by atoms with E-state index in [0.717, 1.165) is 17.8 Å². The minimum absolute atomic E-state index is 0.0237. The molecule has 2 aromatic rings. The lowest BCUT2D eigenvalue weighted by Gasteiger charge is -2.35. The first kappa shape index (κ1) is 16.3. The molecule has 1 aliphatic rings. The molecule has 24 heavy (non-hydrogen) atoms. The van der Waals surface area contributed by atoms with E-state index in [0.29, 0.717) is 25.4 Å². The van der Waals surface area contributed by atoms with Gasteiger partial charge in [-0.2, -0.15) is 0 Å². The van der Waals surface area contributed by atoms with Gasteiger partial charge >= 0.3 is 6.03 Å². The van der Waals surface area contributed by atoms with E-state index in [1.807, 2.05) is 48.2 Å². The van der Waals surface area contributed by atoms with Gasteiger partial charge in [-0.15, -0.1) is 0 Å². The number of amides is 2. The summed E-state index contributed by atoms with van der Waals surface area (Å²) in [6.45, 7) is 4.60. The molecule has 2 amide bonds. The molecular weight excluding hydrogens is 304 g/mol. The Morgan fingerprint density at radius 3 is 2.96 bits per heavy atom.